The van der Waals surface area contributed by atoms with Crippen molar-refractivity contribution in [2.75, 3.05) is 6.61 Å². The summed E-state index contributed by atoms with van der Waals surface area (Å²) in [6, 6.07) is 15.7. The summed E-state index contributed by atoms with van der Waals surface area (Å²) in [4.78, 5) is 3.03. The minimum absolute atomic E-state index is 0.199. The molecule has 1 aromatic heterocycles. The number of hydrogen-bond donors (Lipinski definition) is 3. The third-order valence-electron chi connectivity index (χ3n) is 4.20. The summed E-state index contributed by atoms with van der Waals surface area (Å²) in [5.74, 6) is 0. The van der Waals surface area contributed by atoms with Crippen LogP contribution in [0.15, 0.2) is 59.5 Å². The van der Waals surface area contributed by atoms with Crippen molar-refractivity contribution in [3.05, 3.63) is 65.9 Å². The molecule has 0 bridgehead atoms. The van der Waals surface area contributed by atoms with Crippen molar-refractivity contribution in [1.29, 1.82) is 0 Å². The summed E-state index contributed by atoms with van der Waals surface area (Å²) in [6.07, 6.45) is 0. The van der Waals surface area contributed by atoms with Gasteiger partial charge < -0.3 is 10.1 Å². The highest BCUT2D eigenvalue weighted by Gasteiger charge is 2.34. The first kappa shape index (κ1) is 15.7. The maximum atomic E-state index is 11.7. The molecule has 3 N–H and O–H groups in total. The number of para-hydroxylation sites is 1. The van der Waals surface area contributed by atoms with Gasteiger partial charge in [0, 0.05) is 11.2 Å². The molecule has 1 heterocycles. The van der Waals surface area contributed by atoms with Gasteiger partial charge in [-0.05, 0) is 36.1 Å². The second kappa shape index (κ2) is 5.49. The molecule has 0 amide bonds. The number of nitrogens with one attached hydrogen (secondary N) is 1. The fourth-order valence-corrected chi connectivity index (χ4v) is 3.66. The van der Waals surface area contributed by atoms with Crippen molar-refractivity contribution in [3.63, 3.8) is 0 Å². The maximum Gasteiger partial charge on any atom is 0.294 e. The smallest absolute Gasteiger partial charge is 0.294 e. The molecule has 3 rings (SSSR count). The summed E-state index contributed by atoms with van der Waals surface area (Å²) in [5.41, 5.74) is 0.922. The molecule has 0 saturated heterocycles. The summed E-state index contributed by atoms with van der Waals surface area (Å²) < 4.78 is 32.9. The van der Waals surface area contributed by atoms with E-state index in [1.165, 1.54) is 12.1 Å². The average Bonchev–Trinajstić information content (AvgIpc) is 2.98. The van der Waals surface area contributed by atoms with Crippen LogP contribution in [0.3, 0.4) is 0 Å². The normalized spacial score (nSPS) is 14.7. The number of H-pyrrole nitrogens is 1. The van der Waals surface area contributed by atoms with Crippen molar-refractivity contribution >= 4 is 21.0 Å². The molecule has 0 fully saturated rings. The van der Waals surface area contributed by atoms with Gasteiger partial charge in [0.1, 0.15) is 0 Å². The Hall–Kier alpha value is -2.15. The predicted molar refractivity (Wildman–Crippen MR) is 88.1 cm³/mol. The van der Waals surface area contributed by atoms with Crippen molar-refractivity contribution < 1.29 is 18.1 Å². The quantitative estimate of drug-likeness (QED) is 0.641. The average molecular weight is 331 g/mol. The number of fused-ring (bicyclic) bond motifs is 1. The number of rotatable bonds is 4. The molecule has 1 unspecified atom stereocenters. The van der Waals surface area contributed by atoms with Crippen LogP contribution in [0.2, 0.25) is 0 Å². The Morgan fingerprint density at radius 1 is 1.09 bits per heavy atom. The van der Waals surface area contributed by atoms with E-state index in [2.05, 4.69) is 4.98 Å². The summed E-state index contributed by atoms with van der Waals surface area (Å²) in [5, 5.41) is 11.0. The third kappa shape index (κ3) is 2.65. The summed E-state index contributed by atoms with van der Waals surface area (Å²) in [7, 11) is -4.39. The van der Waals surface area contributed by atoms with E-state index in [9.17, 15) is 18.1 Å². The molecular weight excluding hydrogens is 314 g/mol. The van der Waals surface area contributed by atoms with E-state index in [1.807, 2.05) is 30.3 Å². The van der Waals surface area contributed by atoms with Crippen LogP contribution in [0.5, 0.6) is 0 Å². The van der Waals surface area contributed by atoms with Crippen molar-refractivity contribution in [3.8, 4) is 0 Å². The van der Waals surface area contributed by atoms with E-state index in [4.69, 9.17) is 0 Å². The van der Waals surface area contributed by atoms with Crippen LogP contribution in [0.25, 0.3) is 10.9 Å². The van der Waals surface area contributed by atoms with Gasteiger partial charge in [-0.25, -0.2) is 0 Å². The number of benzene rings is 2. The van der Waals surface area contributed by atoms with Crippen molar-refractivity contribution in [2.24, 2.45) is 0 Å². The number of hydrogen-bond acceptors (Lipinski definition) is 3. The van der Waals surface area contributed by atoms with Gasteiger partial charge in [0.05, 0.1) is 16.9 Å². The van der Waals surface area contributed by atoms with Crippen molar-refractivity contribution in [2.45, 2.75) is 17.2 Å². The second-order valence-corrected chi connectivity index (χ2v) is 7.12. The first-order valence-corrected chi connectivity index (χ1v) is 8.56. The highest BCUT2D eigenvalue weighted by molar-refractivity contribution is 7.85. The largest absolute Gasteiger partial charge is 0.395 e. The molecule has 0 aliphatic rings. The lowest BCUT2D eigenvalue weighted by molar-refractivity contribution is 0.227. The second-order valence-electron chi connectivity index (χ2n) is 5.73. The molecule has 1 atom stereocenters. The SMILES string of the molecule is CC(CO)(c1cc2ccccc2[nH]1)c1ccccc1S(=O)(=O)O. The van der Waals surface area contributed by atoms with E-state index < -0.39 is 15.5 Å². The third-order valence-corrected chi connectivity index (χ3v) is 5.11. The van der Waals surface area contributed by atoms with Gasteiger partial charge in [0.15, 0.2) is 0 Å². The zero-order valence-electron chi connectivity index (χ0n) is 12.5. The van der Waals surface area contributed by atoms with E-state index >= 15 is 0 Å². The maximum absolute atomic E-state index is 11.7. The number of aromatic amines is 1. The Labute approximate surface area is 134 Å². The molecule has 0 saturated carbocycles. The topological polar surface area (TPSA) is 90.4 Å². The molecule has 5 nitrogen and oxygen atoms in total. The summed E-state index contributed by atoms with van der Waals surface area (Å²) >= 11 is 0. The Kier molecular flexibility index (Phi) is 3.75. The number of aliphatic hydroxyl groups is 1. The lowest BCUT2D eigenvalue weighted by Crippen LogP contribution is -2.30. The minimum Gasteiger partial charge on any atom is -0.395 e. The van der Waals surface area contributed by atoms with Crippen LogP contribution in [-0.2, 0) is 15.5 Å². The Balaban J connectivity index is 2.26. The van der Waals surface area contributed by atoms with Gasteiger partial charge in [0.2, 0.25) is 0 Å². The van der Waals surface area contributed by atoms with Crippen molar-refractivity contribution in [1.82, 2.24) is 4.98 Å². The molecule has 3 aromatic rings. The fraction of sp³-hybridized carbons (Fsp3) is 0.176. The number of aromatic nitrogens is 1. The molecule has 23 heavy (non-hydrogen) atoms. The van der Waals surface area contributed by atoms with Crippen LogP contribution >= 0.6 is 0 Å². The first-order chi connectivity index (χ1) is 10.9. The monoisotopic (exact) mass is 331 g/mol. The Morgan fingerprint density at radius 3 is 2.39 bits per heavy atom. The zero-order valence-corrected chi connectivity index (χ0v) is 13.3. The molecule has 2 aromatic carbocycles. The highest BCUT2D eigenvalue weighted by Crippen LogP contribution is 2.36. The zero-order chi connectivity index (χ0) is 16.7. The van der Waals surface area contributed by atoms with Gasteiger partial charge in [-0.1, -0.05) is 36.4 Å². The molecule has 0 aliphatic carbocycles. The molecular formula is C17H17NO4S. The lowest BCUT2D eigenvalue weighted by atomic mass is 9.80. The first-order valence-electron chi connectivity index (χ1n) is 7.12. The van der Waals surface area contributed by atoms with E-state index in [-0.39, 0.29) is 11.5 Å². The van der Waals surface area contributed by atoms with E-state index in [0.717, 1.165) is 10.9 Å². The van der Waals surface area contributed by atoms with Crippen LogP contribution in [0.4, 0.5) is 0 Å². The highest BCUT2D eigenvalue weighted by atomic mass is 32.2. The van der Waals surface area contributed by atoms with Crippen LogP contribution in [-0.4, -0.2) is 29.7 Å². The van der Waals surface area contributed by atoms with Crippen LogP contribution < -0.4 is 0 Å². The minimum atomic E-state index is -4.39. The lowest BCUT2D eigenvalue weighted by Gasteiger charge is -2.28. The molecule has 0 aliphatic heterocycles. The molecule has 120 valence electrons. The van der Waals surface area contributed by atoms with Gasteiger partial charge in [0.25, 0.3) is 10.1 Å². The molecule has 0 spiro atoms. The summed E-state index contributed by atoms with van der Waals surface area (Å²) in [6.45, 7) is 1.42. The van der Waals surface area contributed by atoms with Gasteiger partial charge >= 0.3 is 0 Å². The number of aliphatic hydroxyl groups excluding tert-OH is 1. The fourth-order valence-electron chi connectivity index (χ4n) is 2.83. The Morgan fingerprint density at radius 2 is 1.74 bits per heavy atom. The Bertz CT molecular complexity index is 928. The van der Waals surface area contributed by atoms with E-state index in [1.54, 1.807) is 19.1 Å². The van der Waals surface area contributed by atoms with Crippen LogP contribution in [0.1, 0.15) is 18.2 Å². The molecule has 6 heteroatoms. The molecule has 0 radical (unpaired) electrons. The standard InChI is InChI=1S/C17H17NO4S/c1-17(11-19,13-7-3-5-9-15(13)23(20,21)22)16-10-12-6-2-4-8-14(12)18-16/h2-10,18-19H,11H2,1H3,(H,20,21,22). The predicted octanol–water partition coefficient (Wildman–Crippen LogP) is 2.71. The van der Waals surface area contributed by atoms with Gasteiger partial charge in [-0.15, -0.1) is 0 Å². The van der Waals surface area contributed by atoms with E-state index in [0.29, 0.717) is 11.3 Å². The van der Waals surface area contributed by atoms with Gasteiger partial charge in [-0.3, -0.25) is 4.55 Å². The van der Waals surface area contributed by atoms with Gasteiger partial charge in [-0.2, -0.15) is 8.42 Å². The van der Waals surface area contributed by atoms with Crippen LogP contribution in [0, 0.1) is 0 Å².